The summed E-state index contributed by atoms with van der Waals surface area (Å²) in [5.41, 5.74) is 1.59. The zero-order valence-corrected chi connectivity index (χ0v) is 22.8. The van der Waals surface area contributed by atoms with Crippen LogP contribution in [0.4, 0.5) is 0 Å². The van der Waals surface area contributed by atoms with Crippen LogP contribution < -0.4 is 0 Å². The number of hydrogen-bond donors (Lipinski definition) is 0. The number of amides is 2. The number of halogens is 3. The topological polar surface area (TPSA) is 43.9 Å². The van der Waals surface area contributed by atoms with Crippen LogP contribution in [0.3, 0.4) is 0 Å². The lowest BCUT2D eigenvalue weighted by atomic mass is 9.83. The van der Waals surface area contributed by atoms with Crippen LogP contribution in [0.2, 0.25) is 15.1 Å². The van der Waals surface area contributed by atoms with E-state index in [-0.39, 0.29) is 29.7 Å². The second-order valence-corrected chi connectivity index (χ2v) is 11.6. The molecule has 5 rings (SSSR count). The van der Waals surface area contributed by atoms with E-state index in [1.807, 2.05) is 29.0 Å². The van der Waals surface area contributed by atoms with Gasteiger partial charge in [-0.25, -0.2) is 0 Å². The monoisotopic (exact) mass is 547 g/mol. The Morgan fingerprint density at radius 3 is 2.19 bits per heavy atom. The summed E-state index contributed by atoms with van der Waals surface area (Å²) in [6, 6.07) is 13.3. The van der Waals surface area contributed by atoms with Crippen molar-refractivity contribution in [2.24, 2.45) is 5.92 Å². The normalized spacial score (nSPS) is 23.5. The molecule has 2 atom stereocenters. The van der Waals surface area contributed by atoms with Gasteiger partial charge in [0.25, 0.3) is 5.91 Å². The number of likely N-dealkylation sites (tertiary alicyclic amines) is 2. The van der Waals surface area contributed by atoms with E-state index in [9.17, 15) is 9.59 Å². The molecular weight excluding hydrogens is 517 g/mol. The van der Waals surface area contributed by atoms with Crippen LogP contribution in [0.5, 0.6) is 0 Å². The van der Waals surface area contributed by atoms with Crippen LogP contribution in [0.25, 0.3) is 0 Å². The van der Waals surface area contributed by atoms with E-state index in [1.165, 1.54) is 12.8 Å². The molecule has 2 heterocycles. The molecule has 0 bridgehead atoms. The highest BCUT2D eigenvalue weighted by Gasteiger charge is 2.40. The minimum atomic E-state index is -0.0776. The van der Waals surface area contributed by atoms with Gasteiger partial charge in [0.15, 0.2) is 0 Å². The summed E-state index contributed by atoms with van der Waals surface area (Å²) in [7, 11) is 1.84. The highest BCUT2D eigenvalue weighted by atomic mass is 35.5. The Kier molecular flexibility index (Phi) is 7.83. The second-order valence-electron chi connectivity index (χ2n) is 10.4. The minimum absolute atomic E-state index is 0.0612. The average molecular weight is 549 g/mol. The third-order valence-electron chi connectivity index (χ3n) is 8.11. The molecule has 0 radical (unpaired) electrons. The van der Waals surface area contributed by atoms with Gasteiger partial charge in [0.1, 0.15) is 0 Å². The Morgan fingerprint density at radius 2 is 1.56 bits per heavy atom. The maximum absolute atomic E-state index is 13.6. The fourth-order valence-electron chi connectivity index (χ4n) is 5.83. The molecule has 3 fully saturated rings. The number of piperidine rings is 2. The standard InChI is InChI=1S/C28H32Cl3N3O2/c1-32(27(35)18-2-5-21(29)6-3-18)26-12-15-34(17-23(26)20-4-9-24(30)25(31)16-20)28(36)19-10-13-33(14-11-19)22-7-8-22/h2-6,9,16,19,22-23,26H,7-8,10-15,17H2,1H3/t23-,26+/m0/s1. The van der Waals surface area contributed by atoms with Crippen molar-refractivity contribution < 1.29 is 9.59 Å². The van der Waals surface area contributed by atoms with Crippen LogP contribution in [0.15, 0.2) is 42.5 Å². The van der Waals surface area contributed by atoms with Crippen LogP contribution in [-0.2, 0) is 4.79 Å². The summed E-state index contributed by atoms with van der Waals surface area (Å²) in [6.07, 6.45) is 5.18. The summed E-state index contributed by atoms with van der Waals surface area (Å²) < 4.78 is 0. The highest BCUT2D eigenvalue weighted by Crippen LogP contribution is 2.36. The van der Waals surface area contributed by atoms with Gasteiger partial charge in [-0.1, -0.05) is 40.9 Å². The lowest BCUT2D eigenvalue weighted by molar-refractivity contribution is -0.139. The second kappa shape index (κ2) is 10.9. The zero-order valence-electron chi connectivity index (χ0n) is 20.5. The number of carbonyl (C=O) groups is 2. The van der Waals surface area contributed by atoms with Crippen molar-refractivity contribution in [3.05, 3.63) is 68.7 Å². The molecule has 0 unspecified atom stereocenters. The van der Waals surface area contributed by atoms with Crippen LogP contribution in [0.1, 0.15) is 53.9 Å². The molecule has 0 aromatic heterocycles. The van der Waals surface area contributed by atoms with E-state index in [0.29, 0.717) is 40.1 Å². The first kappa shape index (κ1) is 25.8. The fraction of sp³-hybridized carbons (Fsp3) is 0.500. The van der Waals surface area contributed by atoms with Gasteiger partial charge in [0.2, 0.25) is 5.91 Å². The fourth-order valence-corrected chi connectivity index (χ4v) is 6.26. The maximum Gasteiger partial charge on any atom is 0.253 e. The number of carbonyl (C=O) groups excluding carboxylic acids is 2. The van der Waals surface area contributed by atoms with Gasteiger partial charge < -0.3 is 14.7 Å². The number of likely N-dealkylation sites (N-methyl/N-ethyl adjacent to an activating group) is 1. The van der Waals surface area contributed by atoms with Crippen LogP contribution in [-0.4, -0.2) is 71.8 Å². The molecule has 2 aromatic carbocycles. The molecule has 2 saturated heterocycles. The Bertz CT molecular complexity index is 1110. The molecule has 2 aliphatic heterocycles. The van der Waals surface area contributed by atoms with Gasteiger partial charge in [-0.05, 0) is 87.2 Å². The lowest BCUT2D eigenvalue weighted by Crippen LogP contribution is -2.53. The van der Waals surface area contributed by atoms with Crippen molar-refractivity contribution in [3.8, 4) is 0 Å². The third-order valence-corrected chi connectivity index (χ3v) is 9.10. The molecule has 1 aliphatic carbocycles. The Labute approximate surface area is 228 Å². The van der Waals surface area contributed by atoms with Crippen LogP contribution in [0, 0.1) is 5.92 Å². The van der Waals surface area contributed by atoms with Gasteiger partial charge in [0, 0.05) is 54.6 Å². The molecule has 5 nitrogen and oxygen atoms in total. The summed E-state index contributed by atoms with van der Waals surface area (Å²) in [6.45, 7) is 3.24. The minimum Gasteiger partial charge on any atom is -0.342 e. The van der Waals surface area contributed by atoms with Gasteiger partial charge in [-0.2, -0.15) is 0 Å². The van der Waals surface area contributed by atoms with E-state index in [2.05, 4.69) is 4.90 Å². The Morgan fingerprint density at radius 1 is 0.861 bits per heavy atom. The average Bonchev–Trinajstić information content (AvgIpc) is 3.75. The van der Waals surface area contributed by atoms with Gasteiger partial charge in [0.05, 0.1) is 10.0 Å². The largest absolute Gasteiger partial charge is 0.342 e. The van der Waals surface area contributed by atoms with Crippen molar-refractivity contribution in [3.63, 3.8) is 0 Å². The summed E-state index contributed by atoms with van der Waals surface area (Å²) in [5.74, 6) is 0.208. The first-order valence-electron chi connectivity index (χ1n) is 12.8. The first-order valence-corrected chi connectivity index (χ1v) is 14.0. The van der Waals surface area contributed by atoms with Gasteiger partial charge in [-0.3, -0.25) is 9.59 Å². The lowest BCUT2D eigenvalue weighted by Gasteiger charge is -2.44. The number of benzene rings is 2. The summed E-state index contributed by atoms with van der Waals surface area (Å²) in [4.78, 5) is 33.3. The molecule has 2 amide bonds. The Balaban J connectivity index is 1.34. The maximum atomic E-state index is 13.6. The van der Waals surface area contributed by atoms with E-state index in [4.69, 9.17) is 34.8 Å². The van der Waals surface area contributed by atoms with E-state index in [1.54, 1.807) is 30.3 Å². The molecule has 8 heteroatoms. The molecule has 36 heavy (non-hydrogen) atoms. The van der Waals surface area contributed by atoms with E-state index >= 15 is 0 Å². The molecule has 0 spiro atoms. The quantitative estimate of drug-likeness (QED) is 0.462. The van der Waals surface area contributed by atoms with Crippen molar-refractivity contribution in [1.82, 2.24) is 14.7 Å². The molecular formula is C28H32Cl3N3O2. The summed E-state index contributed by atoms with van der Waals surface area (Å²) >= 11 is 18.6. The first-order chi connectivity index (χ1) is 17.3. The van der Waals surface area contributed by atoms with Gasteiger partial charge >= 0.3 is 0 Å². The molecule has 3 aliphatic rings. The predicted molar refractivity (Wildman–Crippen MR) is 145 cm³/mol. The molecule has 192 valence electrons. The number of rotatable bonds is 5. The van der Waals surface area contributed by atoms with Crippen molar-refractivity contribution >= 4 is 46.6 Å². The third kappa shape index (κ3) is 5.55. The highest BCUT2D eigenvalue weighted by molar-refractivity contribution is 6.42. The smallest absolute Gasteiger partial charge is 0.253 e. The van der Waals surface area contributed by atoms with Crippen molar-refractivity contribution in [1.29, 1.82) is 0 Å². The predicted octanol–water partition coefficient (Wildman–Crippen LogP) is 5.98. The zero-order chi connectivity index (χ0) is 25.4. The van der Waals surface area contributed by atoms with Crippen molar-refractivity contribution in [2.75, 3.05) is 33.2 Å². The van der Waals surface area contributed by atoms with Gasteiger partial charge in [-0.15, -0.1) is 0 Å². The molecule has 1 saturated carbocycles. The summed E-state index contributed by atoms with van der Waals surface area (Å²) in [5, 5.41) is 1.57. The number of nitrogens with zero attached hydrogens (tertiary/aromatic N) is 3. The van der Waals surface area contributed by atoms with Crippen molar-refractivity contribution in [2.45, 2.75) is 50.1 Å². The number of hydrogen-bond acceptors (Lipinski definition) is 3. The molecule has 2 aromatic rings. The SMILES string of the molecule is CN(C(=O)c1ccc(Cl)cc1)[C@@H]1CCN(C(=O)C2CCN(C3CC3)CC2)C[C@H]1c1ccc(Cl)c(Cl)c1. The Hall–Kier alpha value is -1.79. The van der Waals surface area contributed by atoms with E-state index in [0.717, 1.165) is 37.5 Å². The van der Waals surface area contributed by atoms with Crippen LogP contribution >= 0.6 is 34.8 Å². The van der Waals surface area contributed by atoms with E-state index < -0.39 is 0 Å². The molecule has 0 N–H and O–H groups in total.